The summed E-state index contributed by atoms with van der Waals surface area (Å²) in [5, 5.41) is 21.9. The van der Waals surface area contributed by atoms with Crippen LogP contribution in [0.3, 0.4) is 0 Å². The molecule has 10 heteroatoms. The smallest absolute Gasteiger partial charge is 0.411 e. The maximum absolute atomic E-state index is 14.0. The fourth-order valence-electron chi connectivity index (χ4n) is 6.82. The van der Waals surface area contributed by atoms with Gasteiger partial charge in [-0.15, -0.1) is 0 Å². The number of amides is 3. The summed E-state index contributed by atoms with van der Waals surface area (Å²) >= 11 is 0. The number of carbonyl (C=O) groups excluding carboxylic acids is 2. The topological polar surface area (TPSA) is 138 Å². The third-order valence-electron chi connectivity index (χ3n) is 9.62. The molecule has 3 atom stereocenters. The summed E-state index contributed by atoms with van der Waals surface area (Å²) in [6.07, 6.45) is 1.19. The van der Waals surface area contributed by atoms with E-state index < -0.39 is 30.1 Å². The Morgan fingerprint density at radius 2 is 1.24 bits per heavy atom. The molecule has 5 aromatic carbocycles. The molecular formula is C44H46N4O6. The molecule has 278 valence electrons. The molecule has 0 radical (unpaired) electrons. The van der Waals surface area contributed by atoms with Crippen LogP contribution in [0.4, 0.5) is 21.0 Å². The van der Waals surface area contributed by atoms with Gasteiger partial charge in [0.1, 0.15) is 12.6 Å². The van der Waals surface area contributed by atoms with E-state index in [1.54, 1.807) is 0 Å². The van der Waals surface area contributed by atoms with Crippen LogP contribution in [0, 0.1) is 0 Å². The molecule has 1 aliphatic rings. The van der Waals surface area contributed by atoms with E-state index in [2.05, 4.69) is 21.3 Å². The maximum atomic E-state index is 14.0. The third kappa shape index (κ3) is 10.8. The molecule has 0 bridgehead atoms. The van der Waals surface area contributed by atoms with Crippen molar-refractivity contribution < 1.29 is 29.0 Å². The SMILES string of the molecule is O=C(O)N[C@H](C(=O)Nc1ccccc1CC[C@@H]1CN[C@H](CCc2ccccc2NC(=O)OCc2ccccc2)CO1)C(c1ccccc1)c1ccccc1. The molecule has 0 aromatic heterocycles. The average Bonchev–Trinajstić information content (AvgIpc) is 3.20. The molecule has 1 fully saturated rings. The van der Waals surface area contributed by atoms with E-state index in [9.17, 15) is 19.5 Å². The van der Waals surface area contributed by atoms with E-state index in [-0.39, 0.29) is 18.8 Å². The van der Waals surface area contributed by atoms with Crippen LogP contribution in [-0.4, -0.2) is 54.5 Å². The van der Waals surface area contributed by atoms with E-state index in [1.807, 2.05) is 140 Å². The highest BCUT2D eigenvalue weighted by atomic mass is 16.5. The Morgan fingerprint density at radius 1 is 0.704 bits per heavy atom. The van der Waals surface area contributed by atoms with Crippen LogP contribution in [-0.2, 0) is 33.7 Å². The third-order valence-corrected chi connectivity index (χ3v) is 9.62. The lowest BCUT2D eigenvalue weighted by Crippen LogP contribution is -2.47. The van der Waals surface area contributed by atoms with Gasteiger partial charge < -0.3 is 30.5 Å². The van der Waals surface area contributed by atoms with E-state index in [4.69, 9.17) is 9.47 Å². The molecule has 1 aliphatic heterocycles. The van der Waals surface area contributed by atoms with Crippen molar-refractivity contribution in [1.82, 2.24) is 10.6 Å². The Balaban J connectivity index is 1.01. The molecular weight excluding hydrogens is 681 g/mol. The lowest BCUT2D eigenvalue weighted by molar-refractivity contribution is -0.118. The predicted octanol–water partition coefficient (Wildman–Crippen LogP) is 7.76. The molecule has 54 heavy (non-hydrogen) atoms. The number of ether oxygens (including phenoxy) is 2. The second-order valence-electron chi connectivity index (χ2n) is 13.4. The first-order chi connectivity index (χ1) is 26.4. The number of benzene rings is 5. The Morgan fingerprint density at radius 3 is 1.81 bits per heavy atom. The summed E-state index contributed by atoms with van der Waals surface area (Å²) in [6, 6.07) is 42.9. The van der Waals surface area contributed by atoms with Crippen LogP contribution < -0.4 is 21.3 Å². The van der Waals surface area contributed by atoms with Gasteiger partial charge in [-0.25, -0.2) is 9.59 Å². The van der Waals surface area contributed by atoms with Crippen molar-refractivity contribution in [2.24, 2.45) is 0 Å². The summed E-state index contributed by atoms with van der Waals surface area (Å²) in [5.41, 5.74) is 5.91. The van der Waals surface area contributed by atoms with Crippen molar-refractivity contribution in [3.05, 3.63) is 167 Å². The zero-order valence-electron chi connectivity index (χ0n) is 30.0. The van der Waals surface area contributed by atoms with Crippen LogP contribution in [0.1, 0.15) is 46.6 Å². The van der Waals surface area contributed by atoms with Crippen LogP contribution >= 0.6 is 0 Å². The van der Waals surface area contributed by atoms with Gasteiger partial charge in [-0.3, -0.25) is 10.1 Å². The van der Waals surface area contributed by atoms with Gasteiger partial charge in [-0.05, 0) is 65.6 Å². The molecule has 0 unspecified atom stereocenters. The highest BCUT2D eigenvalue weighted by Crippen LogP contribution is 2.30. The van der Waals surface area contributed by atoms with E-state index in [0.717, 1.165) is 52.8 Å². The number of anilines is 2. The van der Waals surface area contributed by atoms with Crippen LogP contribution in [0.15, 0.2) is 140 Å². The van der Waals surface area contributed by atoms with Gasteiger partial charge in [0.05, 0.1) is 12.7 Å². The number of para-hydroxylation sites is 2. The highest BCUT2D eigenvalue weighted by Gasteiger charge is 2.33. The number of carboxylic acid groups (broad SMARTS) is 1. The standard InChI is InChI=1S/C44H46N4O6/c49-42(41(48-43(50)51)40(34-18-6-2-7-19-34)35-20-8-3-9-21-35)46-38-22-12-10-17-33(38)25-27-37-28-45-36(30-53-37)26-24-32-16-11-13-23-39(32)47-44(52)54-29-31-14-4-1-5-15-31/h1-23,36-37,40-41,45,48H,24-30H2,(H,46,49)(H,47,52)(H,50,51)/t36-,37-,41+/m1/s1. The number of aryl methyl sites for hydroxylation is 2. The zero-order chi connectivity index (χ0) is 37.5. The van der Waals surface area contributed by atoms with Gasteiger partial charge in [0.15, 0.2) is 0 Å². The summed E-state index contributed by atoms with van der Waals surface area (Å²) in [5.74, 6) is -0.988. The molecule has 3 amide bonds. The van der Waals surface area contributed by atoms with Gasteiger partial charge in [-0.2, -0.15) is 0 Å². The molecule has 1 heterocycles. The summed E-state index contributed by atoms with van der Waals surface area (Å²) < 4.78 is 11.7. The van der Waals surface area contributed by atoms with Crippen molar-refractivity contribution in [2.75, 3.05) is 23.8 Å². The minimum Gasteiger partial charge on any atom is -0.465 e. The minimum absolute atomic E-state index is 0.0136. The lowest BCUT2D eigenvalue weighted by atomic mass is 9.84. The normalized spacial score (nSPS) is 15.9. The van der Waals surface area contributed by atoms with E-state index >= 15 is 0 Å². The first kappa shape index (κ1) is 37.8. The van der Waals surface area contributed by atoms with Gasteiger partial charge in [0.2, 0.25) is 5.91 Å². The Bertz CT molecular complexity index is 1910. The monoisotopic (exact) mass is 726 g/mol. The number of rotatable bonds is 15. The molecule has 0 saturated carbocycles. The number of carbonyl (C=O) groups is 3. The average molecular weight is 727 g/mol. The van der Waals surface area contributed by atoms with Gasteiger partial charge in [0.25, 0.3) is 0 Å². The molecule has 0 aliphatic carbocycles. The number of nitrogens with one attached hydrogen (secondary N) is 4. The molecule has 5 aromatic rings. The minimum atomic E-state index is -1.28. The first-order valence-electron chi connectivity index (χ1n) is 18.3. The van der Waals surface area contributed by atoms with Crippen LogP contribution in [0.5, 0.6) is 0 Å². The van der Waals surface area contributed by atoms with E-state index in [0.29, 0.717) is 25.3 Å². The summed E-state index contributed by atoms with van der Waals surface area (Å²) in [7, 11) is 0. The Kier molecular flexibility index (Phi) is 13.4. The highest BCUT2D eigenvalue weighted by molar-refractivity contribution is 5.98. The molecule has 6 rings (SSSR count). The Labute approximate surface area is 315 Å². The summed E-state index contributed by atoms with van der Waals surface area (Å²) in [4.78, 5) is 38.5. The quantitative estimate of drug-likeness (QED) is 0.0744. The molecule has 10 nitrogen and oxygen atoms in total. The van der Waals surface area contributed by atoms with Crippen molar-refractivity contribution in [1.29, 1.82) is 0 Å². The Hall–Kier alpha value is -5.97. The zero-order valence-corrected chi connectivity index (χ0v) is 30.0. The van der Waals surface area contributed by atoms with Crippen molar-refractivity contribution >= 4 is 29.5 Å². The number of hydrogen-bond donors (Lipinski definition) is 5. The molecule has 1 saturated heterocycles. The summed E-state index contributed by atoms with van der Waals surface area (Å²) in [6.45, 7) is 1.44. The van der Waals surface area contributed by atoms with Crippen molar-refractivity contribution in [2.45, 2.75) is 56.4 Å². The van der Waals surface area contributed by atoms with Gasteiger partial charge in [-0.1, -0.05) is 127 Å². The van der Waals surface area contributed by atoms with E-state index in [1.165, 1.54) is 0 Å². The lowest BCUT2D eigenvalue weighted by Gasteiger charge is -2.31. The molecule has 5 N–H and O–H groups in total. The van der Waals surface area contributed by atoms with Crippen molar-refractivity contribution in [3.8, 4) is 0 Å². The number of morpholine rings is 1. The van der Waals surface area contributed by atoms with Gasteiger partial charge >= 0.3 is 12.2 Å². The van der Waals surface area contributed by atoms with Crippen molar-refractivity contribution in [3.63, 3.8) is 0 Å². The second-order valence-corrected chi connectivity index (χ2v) is 13.4. The largest absolute Gasteiger partial charge is 0.465 e. The fourth-order valence-corrected chi connectivity index (χ4v) is 6.82. The first-order valence-corrected chi connectivity index (χ1v) is 18.3. The fraction of sp³-hybridized carbons (Fsp3) is 0.250. The van der Waals surface area contributed by atoms with Gasteiger partial charge in [0, 0.05) is 29.9 Å². The number of hydrogen-bond acceptors (Lipinski definition) is 6. The van der Waals surface area contributed by atoms with Crippen LogP contribution in [0.2, 0.25) is 0 Å². The van der Waals surface area contributed by atoms with Crippen LogP contribution in [0.25, 0.3) is 0 Å². The maximum Gasteiger partial charge on any atom is 0.411 e. The predicted molar refractivity (Wildman–Crippen MR) is 210 cm³/mol. The second kappa shape index (κ2) is 19.2. The molecule has 0 spiro atoms.